The van der Waals surface area contributed by atoms with Crippen molar-refractivity contribution in [1.82, 2.24) is 0 Å². The molecule has 0 radical (unpaired) electrons. The van der Waals surface area contributed by atoms with E-state index >= 15 is 0 Å². The number of ether oxygens (including phenoxy) is 3. The zero-order chi connectivity index (χ0) is 17.9. The Kier molecular flexibility index (Phi) is 5.72. The van der Waals surface area contributed by atoms with Crippen LogP contribution in [0.1, 0.15) is 37.0 Å². The van der Waals surface area contributed by atoms with E-state index in [1.165, 1.54) is 13.2 Å². The van der Waals surface area contributed by atoms with Crippen LogP contribution in [0.25, 0.3) is 0 Å². The summed E-state index contributed by atoms with van der Waals surface area (Å²) in [7, 11) is 2.93. The third-order valence-corrected chi connectivity index (χ3v) is 4.11. The zero-order valence-electron chi connectivity index (χ0n) is 14.3. The molecule has 1 amide bonds. The number of carbonyl (C=O) groups excluding carboxylic acids is 2. The average Bonchev–Trinajstić information content (AvgIpc) is 2.54. The number of fused-ring (bicyclic) bond motifs is 1. The van der Waals surface area contributed by atoms with Crippen LogP contribution in [-0.4, -0.2) is 44.8 Å². The molecule has 1 aromatic carbocycles. The molecule has 24 heavy (non-hydrogen) atoms. The van der Waals surface area contributed by atoms with E-state index in [0.29, 0.717) is 24.6 Å². The second-order valence-corrected chi connectivity index (χ2v) is 6.47. The predicted molar refractivity (Wildman–Crippen MR) is 91.0 cm³/mol. The molecule has 6 nitrogen and oxygen atoms in total. The van der Waals surface area contributed by atoms with Gasteiger partial charge in [0.05, 0.1) is 23.4 Å². The third-order valence-electron chi connectivity index (χ3n) is 3.83. The number of amides is 1. The molecule has 0 bridgehead atoms. The highest BCUT2D eigenvalue weighted by atomic mass is 35.5. The summed E-state index contributed by atoms with van der Waals surface area (Å²) in [5.41, 5.74) is -0.256. The van der Waals surface area contributed by atoms with E-state index in [0.717, 1.165) is 12.8 Å². The Bertz CT molecular complexity index is 644. The number of halogens is 1. The summed E-state index contributed by atoms with van der Waals surface area (Å²) in [6.07, 6.45) is 1.58. The second kappa shape index (κ2) is 7.40. The minimum atomic E-state index is -1.02. The summed E-state index contributed by atoms with van der Waals surface area (Å²) < 4.78 is 15.6. The Labute approximate surface area is 146 Å². The lowest BCUT2D eigenvalue weighted by molar-refractivity contribution is -0.132. The maximum Gasteiger partial charge on any atom is 0.337 e. The quantitative estimate of drug-likeness (QED) is 0.579. The van der Waals surface area contributed by atoms with Crippen LogP contribution in [0, 0.1) is 0 Å². The van der Waals surface area contributed by atoms with Crippen molar-refractivity contribution in [3.8, 4) is 5.75 Å². The number of hydrogen-bond donors (Lipinski definition) is 0. The predicted octanol–water partition coefficient (Wildman–Crippen LogP) is 3.06. The van der Waals surface area contributed by atoms with Crippen LogP contribution in [0.15, 0.2) is 12.1 Å². The molecule has 132 valence electrons. The first kappa shape index (κ1) is 18.5. The number of anilines is 1. The van der Waals surface area contributed by atoms with Gasteiger partial charge in [-0.05, 0) is 38.8 Å². The molecule has 0 spiro atoms. The maximum atomic E-state index is 12.7. The van der Waals surface area contributed by atoms with Gasteiger partial charge in [-0.2, -0.15) is 0 Å². The molecule has 1 heterocycles. The molecule has 1 aliphatic heterocycles. The molecule has 0 N–H and O–H groups in total. The average molecular weight is 356 g/mol. The van der Waals surface area contributed by atoms with Gasteiger partial charge in [0.15, 0.2) is 11.4 Å². The van der Waals surface area contributed by atoms with Gasteiger partial charge in [-0.15, -0.1) is 0 Å². The highest BCUT2D eigenvalue weighted by Gasteiger charge is 2.42. The van der Waals surface area contributed by atoms with Crippen molar-refractivity contribution < 1.29 is 23.8 Å². The number of unbranched alkanes of at least 4 members (excludes halogenated alkanes) is 1. The molecule has 0 aliphatic carbocycles. The highest BCUT2D eigenvalue weighted by Crippen LogP contribution is 2.43. The van der Waals surface area contributed by atoms with Crippen LogP contribution in [0.3, 0.4) is 0 Å². The summed E-state index contributed by atoms with van der Waals surface area (Å²) in [6.45, 7) is 4.51. The molecular formula is C17H22ClNO5. The fourth-order valence-corrected chi connectivity index (χ4v) is 2.84. The zero-order valence-corrected chi connectivity index (χ0v) is 15.1. The molecule has 2 rings (SSSR count). The number of benzene rings is 1. The van der Waals surface area contributed by atoms with Crippen molar-refractivity contribution in [3.63, 3.8) is 0 Å². The fourth-order valence-electron chi connectivity index (χ4n) is 2.59. The summed E-state index contributed by atoms with van der Waals surface area (Å²) in [4.78, 5) is 26.2. The molecule has 1 aliphatic rings. The van der Waals surface area contributed by atoms with Gasteiger partial charge in [-0.25, -0.2) is 4.79 Å². The van der Waals surface area contributed by atoms with E-state index < -0.39 is 11.6 Å². The Morgan fingerprint density at radius 1 is 1.29 bits per heavy atom. The van der Waals surface area contributed by atoms with E-state index in [-0.39, 0.29) is 16.5 Å². The fraction of sp³-hybridized carbons (Fsp3) is 0.529. The van der Waals surface area contributed by atoms with E-state index in [1.54, 1.807) is 31.9 Å². The van der Waals surface area contributed by atoms with Gasteiger partial charge >= 0.3 is 5.97 Å². The molecule has 0 atom stereocenters. The Hall–Kier alpha value is -1.79. The van der Waals surface area contributed by atoms with Gasteiger partial charge in [-0.3, -0.25) is 4.79 Å². The van der Waals surface area contributed by atoms with Gasteiger partial charge in [0, 0.05) is 20.3 Å². The number of hydrogen-bond acceptors (Lipinski definition) is 5. The smallest absolute Gasteiger partial charge is 0.337 e. The second-order valence-electron chi connectivity index (χ2n) is 6.07. The highest BCUT2D eigenvalue weighted by molar-refractivity contribution is 6.33. The molecular weight excluding hydrogens is 334 g/mol. The van der Waals surface area contributed by atoms with Gasteiger partial charge in [0.2, 0.25) is 0 Å². The largest absolute Gasteiger partial charge is 0.474 e. The number of nitrogens with zero attached hydrogens (tertiary/aromatic N) is 1. The summed E-state index contributed by atoms with van der Waals surface area (Å²) in [5, 5.41) is 0.273. The summed E-state index contributed by atoms with van der Waals surface area (Å²) >= 11 is 6.28. The van der Waals surface area contributed by atoms with Crippen molar-refractivity contribution in [3.05, 3.63) is 22.7 Å². The van der Waals surface area contributed by atoms with Crippen LogP contribution in [0.5, 0.6) is 5.75 Å². The minimum Gasteiger partial charge on any atom is -0.474 e. The van der Waals surface area contributed by atoms with Crippen molar-refractivity contribution in [2.75, 3.05) is 32.3 Å². The summed E-state index contributed by atoms with van der Waals surface area (Å²) in [5.74, 6) is -0.289. The lowest BCUT2D eigenvalue weighted by atomic mass is 10.0. The maximum absolute atomic E-state index is 12.7. The van der Waals surface area contributed by atoms with Crippen molar-refractivity contribution in [1.29, 1.82) is 0 Å². The topological polar surface area (TPSA) is 65.1 Å². The van der Waals surface area contributed by atoms with E-state index in [1.807, 2.05) is 0 Å². The normalized spacial score (nSPS) is 15.7. The lowest BCUT2D eigenvalue weighted by Crippen LogP contribution is -2.53. The first-order chi connectivity index (χ1) is 11.3. The van der Waals surface area contributed by atoms with Gasteiger partial charge in [-0.1, -0.05) is 11.6 Å². The molecule has 0 fully saturated rings. The molecule has 0 saturated heterocycles. The Morgan fingerprint density at radius 2 is 2.00 bits per heavy atom. The van der Waals surface area contributed by atoms with E-state index in [2.05, 4.69) is 0 Å². The van der Waals surface area contributed by atoms with Crippen LogP contribution >= 0.6 is 11.6 Å². The first-order valence-corrected chi connectivity index (χ1v) is 8.11. The van der Waals surface area contributed by atoms with Gasteiger partial charge in [0.1, 0.15) is 0 Å². The minimum absolute atomic E-state index is 0.175. The molecule has 1 aromatic rings. The third kappa shape index (κ3) is 3.65. The molecule has 0 aromatic heterocycles. The monoisotopic (exact) mass is 355 g/mol. The standard InChI is InChI=1S/C17H22ClNO5/c1-17(2)16(21)19(7-5-6-8-22-3)13-10-11(15(20)23-4)9-12(18)14(13)24-17/h9-10H,5-8H2,1-4H3. The van der Waals surface area contributed by atoms with E-state index in [4.69, 9.17) is 25.8 Å². The number of methoxy groups -OCH3 is 2. The van der Waals surface area contributed by atoms with Crippen molar-refractivity contribution in [2.24, 2.45) is 0 Å². The van der Waals surface area contributed by atoms with Crippen LogP contribution in [-0.2, 0) is 14.3 Å². The van der Waals surface area contributed by atoms with Crippen LogP contribution in [0.2, 0.25) is 5.02 Å². The van der Waals surface area contributed by atoms with Crippen LogP contribution < -0.4 is 9.64 Å². The molecule has 7 heteroatoms. The Morgan fingerprint density at radius 3 is 2.62 bits per heavy atom. The number of esters is 1. The molecule has 0 saturated carbocycles. The molecule has 0 unspecified atom stereocenters. The van der Waals surface area contributed by atoms with Crippen molar-refractivity contribution in [2.45, 2.75) is 32.3 Å². The number of carbonyl (C=O) groups is 2. The SMILES string of the molecule is COCCCCN1C(=O)C(C)(C)Oc2c(Cl)cc(C(=O)OC)cc21. The lowest BCUT2D eigenvalue weighted by Gasteiger charge is -2.39. The van der Waals surface area contributed by atoms with Gasteiger partial charge < -0.3 is 19.1 Å². The van der Waals surface area contributed by atoms with E-state index in [9.17, 15) is 9.59 Å². The Balaban J connectivity index is 2.41. The van der Waals surface area contributed by atoms with Gasteiger partial charge in [0.25, 0.3) is 5.91 Å². The van der Waals surface area contributed by atoms with Crippen LogP contribution in [0.4, 0.5) is 5.69 Å². The number of rotatable bonds is 6. The van der Waals surface area contributed by atoms with Crippen molar-refractivity contribution >= 4 is 29.2 Å². The summed E-state index contributed by atoms with van der Waals surface area (Å²) in [6, 6.07) is 3.07. The first-order valence-electron chi connectivity index (χ1n) is 7.73.